The van der Waals surface area contributed by atoms with Gasteiger partial charge in [0.05, 0.1) is 19.3 Å². The molecule has 0 fully saturated rings. The fourth-order valence-corrected chi connectivity index (χ4v) is 4.53. The molecule has 3 aromatic carbocycles. The number of carbonyl (C=O) groups is 1. The van der Waals surface area contributed by atoms with E-state index in [1.165, 1.54) is 0 Å². The molecule has 0 aliphatic heterocycles. The van der Waals surface area contributed by atoms with Crippen molar-refractivity contribution in [2.24, 2.45) is 0 Å². The van der Waals surface area contributed by atoms with Crippen LogP contribution in [-0.2, 0) is 24.1 Å². The standard InChI is InChI=1S/C29H27NO4/c1-2-6-24-27(12-11-23-25(18-34-29(23)24)20-7-4-3-5-8-20)33-14-13-22-17-21-10-9-19(16-28(31)32)15-26(21)30-22/h3-5,7-12,15,17-18,30H,2,6,13-14,16H2,1H3,(H,31,32). The summed E-state index contributed by atoms with van der Waals surface area (Å²) < 4.78 is 12.3. The normalized spacial score (nSPS) is 11.3. The third-order valence-electron chi connectivity index (χ3n) is 6.11. The number of carboxylic acid groups (broad SMARTS) is 1. The lowest BCUT2D eigenvalue weighted by Gasteiger charge is -2.12. The summed E-state index contributed by atoms with van der Waals surface area (Å²) in [7, 11) is 0. The van der Waals surface area contributed by atoms with Crippen molar-refractivity contribution in [3.05, 3.63) is 89.8 Å². The number of aliphatic carboxylic acids is 1. The quantitative estimate of drug-likeness (QED) is 0.258. The zero-order valence-electron chi connectivity index (χ0n) is 19.1. The molecule has 5 rings (SSSR count). The molecule has 0 saturated carbocycles. The van der Waals surface area contributed by atoms with Gasteiger partial charge in [-0.2, -0.15) is 0 Å². The summed E-state index contributed by atoms with van der Waals surface area (Å²) in [6.07, 6.45) is 4.46. The highest BCUT2D eigenvalue weighted by atomic mass is 16.5. The maximum Gasteiger partial charge on any atom is 0.307 e. The van der Waals surface area contributed by atoms with Gasteiger partial charge in [0.2, 0.25) is 0 Å². The number of carboxylic acids is 1. The van der Waals surface area contributed by atoms with E-state index in [2.05, 4.69) is 42.2 Å². The smallest absolute Gasteiger partial charge is 0.307 e. The molecule has 0 aliphatic carbocycles. The molecule has 2 N–H and O–H groups in total. The fraction of sp³-hybridized carbons (Fsp3) is 0.207. The first-order valence-corrected chi connectivity index (χ1v) is 11.7. The summed E-state index contributed by atoms with van der Waals surface area (Å²) in [6, 6.07) is 22.3. The van der Waals surface area contributed by atoms with Crippen molar-refractivity contribution in [1.29, 1.82) is 0 Å². The van der Waals surface area contributed by atoms with E-state index in [1.54, 1.807) is 0 Å². The highest BCUT2D eigenvalue weighted by Crippen LogP contribution is 2.37. The minimum Gasteiger partial charge on any atom is -0.493 e. The van der Waals surface area contributed by atoms with Crippen LogP contribution in [0.1, 0.15) is 30.2 Å². The van der Waals surface area contributed by atoms with Crippen molar-refractivity contribution in [1.82, 2.24) is 4.98 Å². The van der Waals surface area contributed by atoms with Gasteiger partial charge in [0.25, 0.3) is 0 Å². The van der Waals surface area contributed by atoms with Gasteiger partial charge in [0.1, 0.15) is 11.3 Å². The number of furan rings is 1. The van der Waals surface area contributed by atoms with Crippen molar-refractivity contribution >= 4 is 27.8 Å². The molecule has 5 aromatic rings. The van der Waals surface area contributed by atoms with E-state index in [1.807, 2.05) is 42.7 Å². The number of H-pyrrole nitrogens is 1. The number of rotatable bonds is 9. The van der Waals surface area contributed by atoms with Crippen LogP contribution >= 0.6 is 0 Å². The summed E-state index contributed by atoms with van der Waals surface area (Å²) in [5.41, 5.74) is 7.04. The van der Waals surface area contributed by atoms with Crippen LogP contribution in [-0.4, -0.2) is 22.7 Å². The Morgan fingerprint density at radius 2 is 1.88 bits per heavy atom. The highest BCUT2D eigenvalue weighted by molar-refractivity contribution is 5.96. The summed E-state index contributed by atoms with van der Waals surface area (Å²) in [5.74, 6) is 0.0370. The molecule has 0 aliphatic rings. The van der Waals surface area contributed by atoms with Crippen molar-refractivity contribution < 1.29 is 19.1 Å². The average molecular weight is 454 g/mol. The Morgan fingerprint density at radius 3 is 2.68 bits per heavy atom. The summed E-state index contributed by atoms with van der Waals surface area (Å²) in [6.45, 7) is 2.69. The highest BCUT2D eigenvalue weighted by Gasteiger charge is 2.16. The second-order valence-electron chi connectivity index (χ2n) is 8.57. The maximum absolute atomic E-state index is 11.0. The fourth-order valence-electron chi connectivity index (χ4n) is 4.53. The van der Waals surface area contributed by atoms with Gasteiger partial charge in [-0.3, -0.25) is 4.79 Å². The largest absolute Gasteiger partial charge is 0.493 e. The number of aromatic amines is 1. The van der Waals surface area contributed by atoms with Crippen molar-refractivity contribution in [3.63, 3.8) is 0 Å². The van der Waals surface area contributed by atoms with E-state index in [0.717, 1.165) is 74.8 Å². The Labute approximate surface area is 198 Å². The van der Waals surface area contributed by atoms with E-state index in [0.29, 0.717) is 6.61 Å². The third kappa shape index (κ3) is 4.42. The molecule has 0 unspecified atom stereocenters. The van der Waals surface area contributed by atoms with Gasteiger partial charge in [0.15, 0.2) is 0 Å². The molecule has 0 spiro atoms. The Hall–Kier alpha value is -3.99. The summed E-state index contributed by atoms with van der Waals surface area (Å²) >= 11 is 0. The van der Waals surface area contributed by atoms with Crippen LogP contribution in [0.5, 0.6) is 5.75 Å². The first kappa shape index (κ1) is 21.8. The Bertz CT molecular complexity index is 1450. The van der Waals surface area contributed by atoms with E-state index in [-0.39, 0.29) is 6.42 Å². The molecule has 5 nitrogen and oxygen atoms in total. The van der Waals surface area contributed by atoms with Gasteiger partial charge in [-0.05, 0) is 47.2 Å². The minimum absolute atomic E-state index is 0.0227. The topological polar surface area (TPSA) is 75.5 Å². The van der Waals surface area contributed by atoms with Crippen LogP contribution in [0.4, 0.5) is 0 Å². The number of benzene rings is 3. The molecule has 0 bridgehead atoms. The predicted molar refractivity (Wildman–Crippen MR) is 134 cm³/mol. The molecular formula is C29H27NO4. The van der Waals surface area contributed by atoms with Crippen LogP contribution in [0, 0.1) is 0 Å². The van der Waals surface area contributed by atoms with Gasteiger partial charge >= 0.3 is 5.97 Å². The van der Waals surface area contributed by atoms with Crippen LogP contribution in [0.2, 0.25) is 0 Å². The number of nitrogens with one attached hydrogen (secondary N) is 1. The lowest BCUT2D eigenvalue weighted by molar-refractivity contribution is -0.136. The molecule has 34 heavy (non-hydrogen) atoms. The van der Waals surface area contributed by atoms with Gasteiger partial charge in [0, 0.05) is 34.1 Å². The van der Waals surface area contributed by atoms with E-state index < -0.39 is 5.97 Å². The van der Waals surface area contributed by atoms with Crippen LogP contribution in [0.25, 0.3) is 33.0 Å². The molecule has 0 atom stereocenters. The molecule has 0 radical (unpaired) electrons. The predicted octanol–water partition coefficient (Wildman–Crippen LogP) is 6.78. The monoisotopic (exact) mass is 453 g/mol. The van der Waals surface area contributed by atoms with Crippen LogP contribution in [0.15, 0.2) is 77.4 Å². The number of aryl methyl sites for hydroxylation is 1. The second-order valence-corrected chi connectivity index (χ2v) is 8.57. The molecule has 172 valence electrons. The Balaban J connectivity index is 1.34. The molecular weight excluding hydrogens is 426 g/mol. The molecule has 2 aromatic heterocycles. The first-order chi connectivity index (χ1) is 16.6. The van der Waals surface area contributed by atoms with E-state index in [4.69, 9.17) is 14.3 Å². The number of hydrogen-bond donors (Lipinski definition) is 2. The first-order valence-electron chi connectivity index (χ1n) is 11.7. The van der Waals surface area contributed by atoms with Gasteiger partial charge in [-0.15, -0.1) is 0 Å². The van der Waals surface area contributed by atoms with Crippen molar-refractivity contribution in [3.8, 4) is 16.9 Å². The number of hydrogen-bond acceptors (Lipinski definition) is 3. The number of ether oxygens (including phenoxy) is 1. The molecule has 2 heterocycles. The van der Waals surface area contributed by atoms with Gasteiger partial charge < -0.3 is 19.2 Å². The zero-order valence-corrected chi connectivity index (χ0v) is 19.1. The SMILES string of the molecule is CCCc1c(OCCc2cc3ccc(CC(=O)O)cc3[nH]2)ccc2c(-c3ccccc3)coc12. The number of fused-ring (bicyclic) bond motifs is 2. The third-order valence-corrected chi connectivity index (χ3v) is 6.11. The van der Waals surface area contributed by atoms with Gasteiger partial charge in [-0.25, -0.2) is 0 Å². The lowest BCUT2D eigenvalue weighted by Crippen LogP contribution is -2.04. The van der Waals surface area contributed by atoms with E-state index >= 15 is 0 Å². The summed E-state index contributed by atoms with van der Waals surface area (Å²) in [5, 5.41) is 11.2. The van der Waals surface area contributed by atoms with E-state index in [9.17, 15) is 4.79 Å². The zero-order chi connectivity index (χ0) is 23.5. The van der Waals surface area contributed by atoms with Gasteiger partial charge in [-0.1, -0.05) is 55.8 Å². The van der Waals surface area contributed by atoms with Crippen molar-refractivity contribution in [2.45, 2.75) is 32.6 Å². The minimum atomic E-state index is -0.827. The molecule has 5 heteroatoms. The van der Waals surface area contributed by atoms with Crippen LogP contribution < -0.4 is 4.74 Å². The lowest BCUT2D eigenvalue weighted by atomic mass is 10.0. The number of aromatic nitrogens is 1. The molecule has 0 amide bonds. The Morgan fingerprint density at radius 1 is 1.03 bits per heavy atom. The maximum atomic E-state index is 11.0. The summed E-state index contributed by atoms with van der Waals surface area (Å²) in [4.78, 5) is 14.4. The van der Waals surface area contributed by atoms with Crippen molar-refractivity contribution in [2.75, 3.05) is 6.61 Å². The second kappa shape index (κ2) is 9.48. The Kier molecular flexibility index (Phi) is 6.09. The van der Waals surface area contributed by atoms with Crippen LogP contribution in [0.3, 0.4) is 0 Å². The molecule has 0 saturated heterocycles. The average Bonchev–Trinajstić information content (AvgIpc) is 3.44.